The van der Waals surface area contributed by atoms with Crippen molar-refractivity contribution in [1.29, 1.82) is 0 Å². The van der Waals surface area contributed by atoms with Crippen molar-refractivity contribution < 1.29 is 4.74 Å². The SMILES string of the molecule is Cc1ccccc1Cc1nc2ccccc2n1CCCOc1cccc2ccccc12. The van der Waals surface area contributed by atoms with Crippen LogP contribution in [0.1, 0.15) is 23.4 Å². The summed E-state index contributed by atoms with van der Waals surface area (Å²) in [6.07, 6.45) is 1.76. The first-order valence-corrected chi connectivity index (χ1v) is 10.9. The summed E-state index contributed by atoms with van der Waals surface area (Å²) in [5.74, 6) is 2.06. The van der Waals surface area contributed by atoms with Gasteiger partial charge in [0.05, 0.1) is 17.6 Å². The molecule has 154 valence electrons. The topological polar surface area (TPSA) is 27.1 Å². The predicted molar refractivity (Wildman–Crippen MR) is 128 cm³/mol. The van der Waals surface area contributed by atoms with Crippen LogP contribution in [-0.4, -0.2) is 16.2 Å². The van der Waals surface area contributed by atoms with Gasteiger partial charge in [-0.3, -0.25) is 0 Å². The predicted octanol–water partition coefficient (Wildman–Crippen LogP) is 6.56. The zero-order valence-electron chi connectivity index (χ0n) is 17.8. The molecule has 0 aliphatic heterocycles. The van der Waals surface area contributed by atoms with Crippen LogP contribution in [0.5, 0.6) is 5.75 Å². The van der Waals surface area contributed by atoms with Gasteiger partial charge in [-0.15, -0.1) is 0 Å². The van der Waals surface area contributed by atoms with Gasteiger partial charge < -0.3 is 9.30 Å². The number of imidazole rings is 1. The highest BCUT2D eigenvalue weighted by atomic mass is 16.5. The fourth-order valence-corrected chi connectivity index (χ4v) is 4.21. The highest BCUT2D eigenvalue weighted by Crippen LogP contribution is 2.25. The van der Waals surface area contributed by atoms with Crippen LogP contribution >= 0.6 is 0 Å². The minimum absolute atomic E-state index is 0.671. The van der Waals surface area contributed by atoms with E-state index in [0.29, 0.717) is 6.61 Å². The first kappa shape index (κ1) is 19.4. The Morgan fingerprint density at radius 2 is 1.58 bits per heavy atom. The first-order valence-electron chi connectivity index (χ1n) is 10.9. The third-order valence-corrected chi connectivity index (χ3v) is 5.88. The third-order valence-electron chi connectivity index (χ3n) is 5.88. The van der Waals surface area contributed by atoms with E-state index in [2.05, 4.69) is 102 Å². The zero-order valence-corrected chi connectivity index (χ0v) is 17.8. The van der Waals surface area contributed by atoms with Gasteiger partial charge in [0.1, 0.15) is 11.6 Å². The minimum Gasteiger partial charge on any atom is -0.493 e. The van der Waals surface area contributed by atoms with Crippen molar-refractivity contribution in [1.82, 2.24) is 9.55 Å². The maximum Gasteiger partial charge on any atom is 0.127 e. The van der Waals surface area contributed by atoms with Crippen molar-refractivity contribution in [3.8, 4) is 5.75 Å². The van der Waals surface area contributed by atoms with Gasteiger partial charge in [-0.1, -0.05) is 72.8 Å². The van der Waals surface area contributed by atoms with Gasteiger partial charge in [-0.05, 0) is 48.1 Å². The summed E-state index contributed by atoms with van der Waals surface area (Å²) in [6, 6.07) is 31.6. The second kappa shape index (κ2) is 8.65. The molecule has 0 spiro atoms. The summed E-state index contributed by atoms with van der Waals surface area (Å²) in [6.45, 7) is 3.72. The number of rotatable bonds is 7. The molecular formula is C28H26N2O. The molecule has 1 aromatic heterocycles. The zero-order chi connectivity index (χ0) is 21.0. The van der Waals surface area contributed by atoms with Crippen molar-refractivity contribution >= 4 is 21.8 Å². The Bertz CT molecular complexity index is 1330. The molecule has 0 aliphatic rings. The number of para-hydroxylation sites is 2. The molecule has 4 aromatic carbocycles. The van der Waals surface area contributed by atoms with Crippen LogP contribution in [0, 0.1) is 6.92 Å². The Hall–Kier alpha value is -3.59. The third kappa shape index (κ3) is 4.04. The molecule has 1 heterocycles. The Morgan fingerprint density at radius 1 is 0.806 bits per heavy atom. The highest BCUT2D eigenvalue weighted by Gasteiger charge is 2.12. The molecule has 0 fully saturated rings. The number of hydrogen-bond donors (Lipinski definition) is 0. The number of nitrogens with zero attached hydrogens (tertiary/aromatic N) is 2. The molecule has 0 saturated heterocycles. The average Bonchev–Trinajstić information content (AvgIpc) is 3.15. The molecule has 5 rings (SSSR count). The smallest absolute Gasteiger partial charge is 0.127 e. The van der Waals surface area contributed by atoms with Crippen LogP contribution in [0.4, 0.5) is 0 Å². The van der Waals surface area contributed by atoms with E-state index in [9.17, 15) is 0 Å². The number of benzene rings is 4. The minimum atomic E-state index is 0.671. The van der Waals surface area contributed by atoms with E-state index in [1.807, 2.05) is 0 Å². The monoisotopic (exact) mass is 406 g/mol. The normalized spacial score (nSPS) is 11.3. The lowest BCUT2D eigenvalue weighted by molar-refractivity contribution is 0.305. The standard InChI is InChI=1S/C28H26N2O/c1-21-10-2-3-12-23(21)20-28-29-25-15-6-7-16-26(25)30(28)18-9-19-31-27-17-8-13-22-11-4-5-14-24(22)27/h2-8,10-17H,9,18-20H2,1H3. The molecule has 0 saturated carbocycles. The molecule has 0 unspecified atom stereocenters. The molecule has 3 nitrogen and oxygen atoms in total. The number of fused-ring (bicyclic) bond motifs is 2. The summed E-state index contributed by atoms with van der Waals surface area (Å²) in [4.78, 5) is 4.95. The van der Waals surface area contributed by atoms with Crippen molar-refractivity contribution in [3.63, 3.8) is 0 Å². The molecule has 0 amide bonds. The molecule has 5 aromatic rings. The number of aromatic nitrogens is 2. The number of aryl methyl sites for hydroxylation is 2. The lowest BCUT2D eigenvalue weighted by atomic mass is 10.1. The molecule has 0 bridgehead atoms. The van der Waals surface area contributed by atoms with Gasteiger partial charge in [0.15, 0.2) is 0 Å². The lowest BCUT2D eigenvalue weighted by Crippen LogP contribution is -2.09. The highest BCUT2D eigenvalue weighted by molar-refractivity contribution is 5.88. The molecular weight excluding hydrogens is 380 g/mol. The van der Waals surface area contributed by atoms with Crippen LogP contribution in [-0.2, 0) is 13.0 Å². The average molecular weight is 407 g/mol. The molecule has 3 heteroatoms. The van der Waals surface area contributed by atoms with Gasteiger partial charge in [-0.2, -0.15) is 0 Å². The molecule has 0 atom stereocenters. The maximum absolute atomic E-state index is 6.17. The summed E-state index contributed by atoms with van der Waals surface area (Å²) < 4.78 is 8.53. The molecule has 31 heavy (non-hydrogen) atoms. The largest absolute Gasteiger partial charge is 0.493 e. The van der Waals surface area contributed by atoms with E-state index in [-0.39, 0.29) is 0 Å². The Balaban J connectivity index is 1.34. The van der Waals surface area contributed by atoms with Gasteiger partial charge in [-0.25, -0.2) is 4.98 Å². The number of hydrogen-bond acceptors (Lipinski definition) is 2. The van der Waals surface area contributed by atoms with Gasteiger partial charge in [0.25, 0.3) is 0 Å². The second-order valence-corrected chi connectivity index (χ2v) is 7.95. The molecule has 0 radical (unpaired) electrons. The van der Waals surface area contributed by atoms with E-state index < -0.39 is 0 Å². The van der Waals surface area contributed by atoms with E-state index >= 15 is 0 Å². The van der Waals surface area contributed by atoms with Gasteiger partial charge >= 0.3 is 0 Å². The quantitative estimate of drug-likeness (QED) is 0.286. The van der Waals surface area contributed by atoms with E-state index in [1.165, 1.54) is 27.4 Å². The van der Waals surface area contributed by atoms with Crippen molar-refractivity contribution in [2.24, 2.45) is 0 Å². The molecule has 0 N–H and O–H groups in total. The van der Waals surface area contributed by atoms with E-state index in [1.54, 1.807) is 0 Å². The van der Waals surface area contributed by atoms with Crippen LogP contribution in [0.15, 0.2) is 91.0 Å². The summed E-state index contributed by atoms with van der Waals surface area (Å²) >= 11 is 0. The summed E-state index contributed by atoms with van der Waals surface area (Å²) in [5.41, 5.74) is 4.88. The maximum atomic E-state index is 6.17. The van der Waals surface area contributed by atoms with E-state index in [0.717, 1.165) is 36.5 Å². The Labute approximate surface area is 182 Å². The van der Waals surface area contributed by atoms with E-state index in [4.69, 9.17) is 9.72 Å². The van der Waals surface area contributed by atoms with Crippen LogP contribution < -0.4 is 4.74 Å². The Morgan fingerprint density at radius 3 is 2.52 bits per heavy atom. The van der Waals surface area contributed by atoms with Crippen molar-refractivity contribution in [3.05, 3.63) is 108 Å². The van der Waals surface area contributed by atoms with Gasteiger partial charge in [0.2, 0.25) is 0 Å². The second-order valence-electron chi connectivity index (χ2n) is 7.95. The first-order chi connectivity index (χ1) is 15.3. The fourth-order valence-electron chi connectivity index (χ4n) is 4.21. The van der Waals surface area contributed by atoms with Crippen LogP contribution in [0.2, 0.25) is 0 Å². The lowest BCUT2D eigenvalue weighted by Gasteiger charge is -2.12. The van der Waals surface area contributed by atoms with Crippen molar-refractivity contribution in [2.45, 2.75) is 26.3 Å². The van der Waals surface area contributed by atoms with Gasteiger partial charge in [0, 0.05) is 18.4 Å². The van der Waals surface area contributed by atoms with Crippen LogP contribution in [0.3, 0.4) is 0 Å². The van der Waals surface area contributed by atoms with Crippen LogP contribution in [0.25, 0.3) is 21.8 Å². The number of ether oxygens (including phenoxy) is 1. The summed E-state index contributed by atoms with van der Waals surface area (Å²) in [5, 5.41) is 2.37. The fraction of sp³-hybridized carbons (Fsp3) is 0.179. The Kier molecular flexibility index (Phi) is 5.40. The van der Waals surface area contributed by atoms with Crippen molar-refractivity contribution in [2.75, 3.05) is 6.61 Å². The summed E-state index contributed by atoms with van der Waals surface area (Å²) in [7, 11) is 0. The molecule has 0 aliphatic carbocycles.